The molecule has 17 nitrogen and oxygen atoms in total. The summed E-state index contributed by atoms with van der Waals surface area (Å²) in [5, 5.41) is 17.5. The molecule has 6 bridgehead atoms. The lowest BCUT2D eigenvalue weighted by Crippen LogP contribution is -2.62. The van der Waals surface area contributed by atoms with Crippen molar-refractivity contribution in [3.05, 3.63) is 83.4 Å². The number of rotatable bonds is 7. The predicted octanol–water partition coefficient (Wildman–Crippen LogP) is 1.69. The van der Waals surface area contributed by atoms with E-state index >= 15 is 0 Å². The molecule has 60 heavy (non-hydrogen) atoms. The summed E-state index contributed by atoms with van der Waals surface area (Å²) >= 11 is 0. The van der Waals surface area contributed by atoms with Crippen molar-refractivity contribution >= 4 is 41.4 Å². The van der Waals surface area contributed by atoms with Crippen molar-refractivity contribution < 1.29 is 52.9 Å². The molecule has 3 aromatic rings. The van der Waals surface area contributed by atoms with Crippen LogP contribution in [0.1, 0.15) is 43.4 Å². The minimum atomic E-state index is -1.43. The van der Waals surface area contributed by atoms with Gasteiger partial charge in [-0.25, -0.2) is 0 Å². The summed E-state index contributed by atoms with van der Waals surface area (Å²) in [6, 6.07) is 11.2. The summed E-state index contributed by atoms with van der Waals surface area (Å²) in [6.45, 7) is 2.84. The van der Waals surface area contributed by atoms with Gasteiger partial charge in [0.2, 0.25) is 35.4 Å². The Bertz CT molecular complexity index is 2090. The van der Waals surface area contributed by atoms with Gasteiger partial charge in [-0.05, 0) is 73.4 Å². The monoisotopic (exact) mass is 828 g/mol. The van der Waals surface area contributed by atoms with E-state index in [0.29, 0.717) is 39.7 Å². The second-order valence-electron chi connectivity index (χ2n) is 15.0. The number of fused-ring (bicyclic) bond motifs is 2. The topological polar surface area (TPSA) is 213 Å². The zero-order chi connectivity index (χ0) is 43.8. The molecule has 3 aliphatic heterocycles. The molecule has 6 atom stereocenters. The number of hydrogen-bond donors (Lipinski definition) is 4. The normalized spacial score (nSPS) is 23.4. The van der Waals surface area contributed by atoms with Gasteiger partial charge in [0.15, 0.2) is 11.5 Å². The third-order valence-electron chi connectivity index (χ3n) is 10.9. The van der Waals surface area contributed by atoms with Gasteiger partial charge in [-0.15, -0.1) is 0 Å². The van der Waals surface area contributed by atoms with Gasteiger partial charge >= 0.3 is 5.97 Å². The number of carbonyl (C=O) groups excluding carboxylic acids is 6. The molecular weight excluding hydrogens is 777 g/mol. The molecular formula is C43H52N6O11. The molecule has 0 unspecified atom stereocenters. The Morgan fingerprint density at radius 1 is 0.700 bits per heavy atom. The standard InChI is InChI=1S/C43H52N6O11/c1-24-38(52)46-31(17-19-37(50)51)42(56)47(3)32(20-26-8-13-29(58-6)14-9-26)40(54)45-25(2)41(55)49(5)34-21-27-10-15-30(16-11-27)60-36-23-28(12-18-35(36)59-7)22-33(39(53)44-24)48(4)43(34)57/h8-16,18,23-25,31-34H,17,19-22H2,1-7H3,(H,44,53)(H,45,54)(H,46,52)(H,50,51)/t24-,25-,31-,32+,33-,34+/m1/s1. The fourth-order valence-electron chi connectivity index (χ4n) is 7.20. The zero-order valence-corrected chi connectivity index (χ0v) is 34.7. The van der Waals surface area contributed by atoms with E-state index in [-0.39, 0.29) is 25.7 Å². The quantitative estimate of drug-likeness (QED) is 0.269. The molecule has 0 radical (unpaired) electrons. The number of aliphatic carboxylic acids is 1. The molecule has 4 N–H and O–H groups in total. The highest BCUT2D eigenvalue weighted by atomic mass is 16.5. The minimum absolute atomic E-state index is 0.0171. The number of nitrogens with one attached hydrogen (secondary N) is 3. The number of hydrogen-bond acceptors (Lipinski definition) is 10. The van der Waals surface area contributed by atoms with Gasteiger partial charge in [-0.2, -0.15) is 0 Å². The molecule has 3 aliphatic rings. The van der Waals surface area contributed by atoms with Crippen molar-refractivity contribution in [1.29, 1.82) is 0 Å². The number of ether oxygens (including phenoxy) is 3. The van der Waals surface area contributed by atoms with Crippen LogP contribution < -0.4 is 30.2 Å². The van der Waals surface area contributed by atoms with Crippen molar-refractivity contribution in [2.24, 2.45) is 0 Å². The first-order chi connectivity index (χ1) is 28.5. The maximum atomic E-state index is 14.7. The first kappa shape index (κ1) is 44.5. The van der Waals surface area contributed by atoms with Crippen LogP contribution in [0.3, 0.4) is 0 Å². The van der Waals surface area contributed by atoms with Crippen molar-refractivity contribution in [2.45, 2.75) is 82.2 Å². The summed E-state index contributed by atoms with van der Waals surface area (Å²) in [4.78, 5) is 101. The summed E-state index contributed by atoms with van der Waals surface area (Å²) in [5.41, 5.74) is 1.86. The molecule has 1 saturated heterocycles. The Morgan fingerprint density at radius 2 is 1.32 bits per heavy atom. The fourth-order valence-corrected chi connectivity index (χ4v) is 7.20. The van der Waals surface area contributed by atoms with Crippen molar-refractivity contribution in [3.63, 3.8) is 0 Å². The maximum Gasteiger partial charge on any atom is 0.303 e. The molecule has 6 amide bonds. The summed E-state index contributed by atoms with van der Waals surface area (Å²) in [6.07, 6.45) is -0.927. The van der Waals surface area contributed by atoms with Gasteiger partial charge in [0.05, 0.1) is 14.2 Å². The number of nitrogens with zero attached hydrogens (tertiary/aromatic N) is 3. The number of amides is 6. The first-order valence-electron chi connectivity index (χ1n) is 19.5. The Labute approximate surface area is 348 Å². The highest BCUT2D eigenvalue weighted by Crippen LogP contribution is 2.34. The van der Waals surface area contributed by atoms with E-state index in [9.17, 15) is 38.7 Å². The van der Waals surface area contributed by atoms with E-state index in [0.717, 1.165) is 4.90 Å². The van der Waals surface area contributed by atoms with Gasteiger partial charge in [-0.1, -0.05) is 30.3 Å². The van der Waals surface area contributed by atoms with Crippen LogP contribution in [0.4, 0.5) is 0 Å². The lowest BCUT2D eigenvalue weighted by molar-refractivity contribution is -0.149. The van der Waals surface area contributed by atoms with Crippen LogP contribution in [0.2, 0.25) is 0 Å². The molecule has 0 aromatic heterocycles. The molecule has 0 spiro atoms. The van der Waals surface area contributed by atoms with E-state index < -0.39 is 84.1 Å². The first-order valence-corrected chi connectivity index (χ1v) is 19.5. The minimum Gasteiger partial charge on any atom is -0.497 e. The lowest BCUT2D eigenvalue weighted by atomic mass is 9.98. The third-order valence-corrected chi connectivity index (χ3v) is 10.9. The van der Waals surface area contributed by atoms with Gasteiger partial charge < -0.3 is 50.0 Å². The predicted molar refractivity (Wildman–Crippen MR) is 217 cm³/mol. The van der Waals surface area contributed by atoms with E-state index in [1.165, 1.54) is 59.0 Å². The number of carboxylic acid groups (broad SMARTS) is 1. The molecule has 1 fully saturated rings. The molecule has 3 aromatic carbocycles. The maximum absolute atomic E-state index is 14.7. The van der Waals surface area contributed by atoms with Crippen LogP contribution in [0.15, 0.2) is 66.7 Å². The van der Waals surface area contributed by atoms with E-state index in [1.807, 2.05) is 0 Å². The number of carbonyl (C=O) groups is 7. The second kappa shape index (κ2) is 19.4. The number of carboxylic acids is 1. The van der Waals surface area contributed by atoms with E-state index in [1.54, 1.807) is 66.7 Å². The smallest absolute Gasteiger partial charge is 0.303 e. The summed E-state index contributed by atoms with van der Waals surface area (Å²) in [7, 11) is 7.22. The third kappa shape index (κ3) is 10.5. The van der Waals surface area contributed by atoms with Crippen LogP contribution in [-0.4, -0.2) is 133 Å². The lowest BCUT2D eigenvalue weighted by Gasteiger charge is -2.37. The summed E-state index contributed by atoms with van der Waals surface area (Å²) < 4.78 is 17.0. The SMILES string of the molecule is COc1ccc(C[C@H]2C(=O)N[C@H](C)C(=O)N(C)[C@H]3Cc4ccc(cc4)Oc4cc(ccc4OC)C[C@H](C(=O)N[C@H](C)C(=O)N[C@H](CCC(=O)O)C(=O)N2C)N(C)C3=O)cc1. The highest BCUT2D eigenvalue weighted by molar-refractivity contribution is 5.98. The average Bonchev–Trinajstić information content (AvgIpc) is 3.23. The van der Waals surface area contributed by atoms with E-state index in [2.05, 4.69) is 16.0 Å². The molecule has 3 heterocycles. The molecule has 6 rings (SSSR count). The van der Waals surface area contributed by atoms with E-state index in [4.69, 9.17) is 14.2 Å². The Balaban J connectivity index is 1.61. The highest BCUT2D eigenvalue weighted by Gasteiger charge is 2.40. The van der Waals surface area contributed by atoms with Crippen LogP contribution in [0.25, 0.3) is 0 Å². The van der Waals surface area contributed by atoms with Crippen molar-refractivity contribution in [2.75, 3.05) is 35.4 Å². The number of methoxy groups -OCH3 is 2. The molecule has 17 heteroatoms. The zero-order valence-electron chi connectivity index (χ0n) is 34.7. The van der Waals surface area contributed by atoms with Crippen molar-refractivity contribution in [3.8, 4) is 23.0 Å². The fraction of sp³-hybridized carbons (Fsp3) is 0.419. The van der Waals surface area contributed by atoms with Gasteiger partial charge in [0, 0.05) is 46.8 Å². The van der Waals surface area contributed by atoms with Gasteiger partial charge in [-0.3, -0.25) is 33.6 Å². The largest absolute Gasteiger partial charge is 0.497 e. The van der Waals surface area contributed by atoms with Crippen LogP contribution in [0.5, 0.6) is 23.0 Å². The van der Waals surface area contributed by atoms with Crippen LogP contribution >= 0.6 is 0 Å². The second-order valence-corrected chi connectivity index (χ2v) is 15.0. The Kier molecular flexibility index (Phi) is 14.4. The van der Waals surface area contributed by atoms with Gasteiger partial charge in [0.1, 0.15) is 47.8 Å². The Hall–Kier alpha value is -6.65. The molecule has 0 saturated carbocycles. The van der Waals surface area contributed by atoms with Gasteiger partial charge in [0.25, 0.3) is 0 Å². The van der Waals surface area contributed by atoms with Crippen molar-refractivity contribution in [1.82, 2.24) is 30.7 Å². The van der Waals surface area contributed by atoms with Crippen LogP contribution in [0, 0.1) is 0 Å². The molecule has 320 valence electrons. The average molecular weight is 829 g/mol. The number of benzene rings is 3. The summed E-state index contributed by atoms with van der Waals surface area (Å²) in [5.74, 6) is -3.67. The number of likely N-dealkylation sites (N-methyl/N-ethyl adjacent to an activating group) is 3. The Morgan fingerprint density at radius 3 is 1.95 bits per heavy atom. The molecule has 0 aliphatic carbocycles. The van der Waals surface area contributed by atoms with Crippen LogP contribution in [-0.2, 0) is 52.8 Å².